The fourth-order valence-electron chi connectivity index (χ4n) is 2.78. The molecule has 1 saturated heterocycles. The molecule has 0 saturated carbocycles. The average Bonchev–Trinajstić information content (AvgIpc) is 2.63. The molecule has 0 radical (unpaired) electrons. The fourth-order valence-corrected chi connectivity index (χ4v) is 2.78. The summed E-state index contributed by atoms with van der Waals surface area (Å²) in [7, 11) is 2.21. The van der Waals surface area contributed by atoms with Crippen molar-refractivity contribution in [3.63, 3.8) is 0 Å². The van der Waals surface area contributed by atoms with E-state index in [1.54, 1.807) is 0 Å². The molecule has 1 aliphatic heterocycles. The van der Waals surface area contributed by atoms with Crippen molar-refractivity contribution in [1.29, 1.82) is 0 Å². The Bertz CT molecular complexity index is 547. The van der Waals surface area contributed by atoms with Crippen molar-refractivity contribution in [2.45, 2.75) is 63.1 Å². The molecule has 164 valence electrons. The van der Waals surface area contributed by atoms with Crippen LogP contribution in [0.4, 0.5) is 0 Å². The third-order valence-corrected chi connectivity index (χ3v) is 4.14. The van der Waals surface area contributed by atoms with E-state index in [2.05, 4.69) is 5.32 Å². The summed E-state index contributed by atoms with van der Waals surface area (Å²) in [6, 6.07) is 0. The first-order valence-corrected chi connectivity index (χ1v) is 8.53. The van der Waals surface area contributed by atoms with Gasteiger partial charge < -0.3 is 44.7 Å². The number of carbonyl (C=O) groups is 2. The van der Waals surface area contributed by atoms with E-state index in [0.717, 1.165) is 14.2 Å². The maximum Gasteiger partial charge on any atom is 0.335 e. The molecule has 0 bridgehead atoms. The van der Waals surface area contributed by atoms with Gasteiger partial charge in [-0.1, -0.05) is 0 Å². The van der Waals surface area contributed by atoms with Crippen LogP contribution in [-0.4, -0.2) is 102 Å². The van der Waals surface area contributed by atoms with Crippen LogP contribution >= 0.6 is 0 Å². The molecule has 12 nitrogen and oxygen atoms in total. The van der Waals surface area contributed by atoms with Crippen molar-refractivity contribution < 1.29 is 53.7 Å². The van der Waals surface area contributed by atoms with Crippen LogP contribution in [0.5, 0.6) is 0 Å². The molecule has 0 aromatic heterocycles. The van der Waals surface area contributed by atoms with E-state index in [0.29, 0.717) is 0 Å². The minimum Gasteiger partial charge on any atom is -0.479 e. The molecule has 1 amide bonds. The molecule has 1 aliphatic rings. The van der Waals surface area contributed by atoms with Crippen molar-refractivity contribution in [1.82, 2.24) is 5.32 Å². The number of carbonyl (C=O) groups excluding carboxylic acids is 1. The summed E-state index contributed by atoms with van der Waals surface area (Å²) in [6.07, 6.45) is -7.56. The number of hydrogen-bond donors (Lipinski definition) is 5. The van der Waals surface area contributed by atoms with Crippen LogP contribution in [0, 0.1) is 0 Å². The van der Waals surface area contributed by atoms with Gasteiger partial charge in [0.2, 0.25) is 5.91 Å². The van der Waals surface area contributed by atoms with Crippen molar-refractivity contribution in [2.75, 3.05) is 27.4 Å². The molecule has 28 heavy (non-hydrogen) atoms. The Balaban J connectivity index is 3.26. The SMILES string of the molecule is CO[C@@H]1C(C(=O)O)O[C@@](OC)(OC(C)(CNC(C)=O)OC(C)CO)C(O)C1O. The monoisotopic (exact) mass is 411 g/mol. The second kappa shape index (κ2) is 9.89. The summed E-state index contributed by atoms with van der Waals surface area (Å²) in [5.74, 6) is -6.13. The van der Waals surface area contributed by atoms with Gasteiger partial charge in [0.15, 0.2) is 18.0 Å². The number of methoxy groups -OCH3 is 2. The first kappa shape index (κ1) is 24.7. The molecule has 0 aliphatic carbocycles. The number of aliphatic hydroxyl groups is 3. The van der Waals surface area contributed by atoms with Crippen LogP contribution in [0.2, 0.25) is 0 Å². The van der Waals surface area contributed by atoms with Crippen LogP contribution in [0.1, 0.15) is 20.8 Å². The van der Waals surface area contributed by atoms with Crippen molar-refractivity contribution in [3.8, 4) is 0 Å². The zero-order valence-electron chi connectivity index (χ0n) is 16.4. The van der Waals surface area contributed by atoms with E-state index >= 15 is 0 Å². The average molecular weight is 411 g/mol. The van der Waals surface area contributed by atoms with Crippen molar-refractivity contribution in [2.24, 2.45) is 0 Å². The second-order valence-corrected chi connectivity index (χ2v) is 6.58. The van der Waals surface area contributed by atoms with E-state index < -0.39 is 60.8 Å². The van der Waals surface area contributed by atoms with Crippen LogP contribution in [0.3, 0.4) is 0 Å². The van der Waals surface area contributed by atoms with Gasteiger partial charge in [-0.15, -0.1) is 0 Å². The van der Waals surface area contributed by atoms with E-state index in [9.17, 15) is 30.0 Å². The standard InChI is InChI=1S/C16H29NO11/c1-8(6-18)26-15(3,7-17-9(2)19)28-16(25-5)13(21)10(20)11(24-4)12(27-16)14(22)23/h8,10-13,18,20-21H,6-7H2,1-5H3,(H,17,19)(H,22,23)/t8?,10?,11-,12?,13?,15?,16+/m0/s1. The first-order valence-electron chi connectivity index (χ1n) is 8.53. The lowest BCUT2D eigenvalue weighted by Crippen LogP contribution is -2.70. The third kappa shape index (κ3) is 5.58. The number of nitrogens with one attached hydrogen (secondary N) is 1. The van der Waals surface area contributed by atoms with E-state index in [4.69, 9.17) is 23.7 Å². The van der Waals surface area contributed by atoms with Crippen molar-refractivity contribution >= 4 is 11.9 Å². The van der Waals surface area contributed by atoms with Gasteiger partial charge in [-0.3, -0.25) is 9.53 Å². The maximum atomic E-state index is 11.6. The largest absolute Gasteiger partial charge is 0.479 e. The van der Waals surface area contributed by atoms with Gasteiger partial charge in [0.25, 0.3) is 0 Å². The summed E-state index contributed by atoms with van der Waals surface area (Å²) < 4.78 is 26.7. The van der Waals surface area contributed by atoms with Crippen LogP contribution < -0.4 is 5.32 Å². The van der Waals surface area contributed by atoms with Gasteiger partial charge in [-0.25, -0.2) is 4.79 Å². The van der Waals surface area contributed by atoms with Gasteiger partial charge in [0, 0.05) is 21.1 Å². The molecule has 5 unspecified atom stereocenters. The third-order valence-electron chi connectivity index (χ3n) is 4.14. The summed E-state index contributed by atoms with van der Waals surface area (Å²) in [5, 5.41) is 42.0. The van der Waals surface area contributed by atoms with E-state index in [1.807, 2.05) is 0 Å². The minimum atomic E-state index is -2.47. The molecule has 0 aromatic carbocycles. The number of aliphatic hydroxyl groups excluding tert-OH is 3. The highest BCUT2D eigenvalue weighted by atomic mass is 16.9. The highest BCUT2D eigenvalue weighted by molar-refractivity contribution is 5.73. The van der Waals surface area contributed by atoms with E-state index in [-0.39, 0.29) is 6.54 Å². The number of ether oxygens (including phenoxy) is 5. The Morgan fingerprint density at radius 1 is 1.32 bits per heavy atom. The fraction of sp³-hybridized carbons (Fsp3) is 0.875. The predicted octanol–water partition coefficient (Wildman–Crippen LogP) is -2.23. The Morgan fingerprint density at radius 2 is 1.93 bits per heavy atom. The van der Waals surface area contributed by atoms with Gasteiger partial charge in [-0.05, 0) is 13.8 Å². The molecule has 7 atom stereocenters. The minimum absolute atomic E-state index is 0.268. The number of amides is 1. The smallest absolute Gasteiger partial charge is 0.335 e. The molecule has 1 heterocycles. The van der Waals surface area contributed by atoms with Crippen LogP contribution in [0.25, 0.3) is 0 Å². The molecular weight excluding hydrogens is 382 g/mol. The zero-order chi connectivity index (χ0) is 21.7. The van der Waals surface area contributed by atoms with Crippen LogP contribution in [-0.2, 0) is 33.3 Å². The lowest BCUT2D eigenvalue weighted by molar-refractivity contribution is -0.495. The summed E-state index contributed by atoms with van der Waals surface area (Å²) in [4.78, 5) is 22.9. The predicted molar refractivity (Wildman–Crippen MR) is 90.9 cm³/mol. The van der Waals surface area contributed by atoms with Gasteiger partial charge >= 0.3 is 11.9 Å². The van der Waals surface area contributed by atoms with Gasteiger partial charge in [0.1, 0.15) is 12.2 Å². The quantitative estimate of drug-likeness (QED) is 0.246. The zero-order valence-corrected chi connectivity index (χ0v) is 16.4. The Kier molecular flexibility index (Phi) is 8.71. The summed E-state index contributed by atoms with van der Waals surface area (Å²) >= 11 is 0. The van der Waals surface area contributed by atoms with Crippen molar-refractivity contribution in [3.05, 3.63) is 0 Å². The second-order valence-electron chi connectivity index (χ2n) is 6.58. The Morgan fingerprint density at radius 3 is 2.36 bits per heavy atom. The number of carboxylic acid groups (broad SMARTS) is 1. The van der Waals surface area contributed by atoms with Gasteiger partial charge in [-0.2, -0.15) is 0 Å². The van der Waals surface area contributed by atoms with Gasteiger partial charge in [0.05, 0.1) is 19.3 Å². The molecule has 0 spiro atoms. The molecule has 1 fully saturated rings. The molecule has 5 N–H and O–H groups in total. The van der Waals surface area contributed by atoms with Crippen LogP contribution in [0.15, 0.2) is 0 Å². The summed E-state index contributed by atoms with van der Waals surface area (Å²) in [6.45, 7) is 3.46. The Hall–Kier alpha value is -1.38. The molecule has 0 aromatic rings. The Labute approximate surface area is 162 Å². The molecule has 1 rings (SSSR count). The highest BCUT2D eigenvalue weighted by Crippen LogP contribution is 2.37. The topological polar surface area (TPSA) is 173 Å². The highest BCUT2D eigenvalue weighted by Gasteiger charge is 2.60. The normalized spacial score (nSPS) is 33.7. The maximum absolute atomic E-state index is 11.6. The van der Waals surface area contributed by atoms with E-state index in [1.165, 1.54) is 20.8 Å². The lowest BCUT2D eigenvalue weighted by Gasteiger charge is -2.49. The first-order chi connectivity index (χ1) is 12.9. The number of rotatable bonds is 10. The molecule has 12 heteroatoms. The number of carboxylic acids is 1. The molecular formula is C16H29NO11. The number of aliphatic carboxylic acids is 1. The number of hydrogen-bond acceptors (Lipinski definition) is 10. The summed E-state index contributed by atoms with van der Waals surface area (Å²) in [5.41, 5.74) is 0. The lowest BCUT2D eigenvalue weighted by atomic mass is 9.97.